The van der Waals surface area contributed by atoms with Crippen molar-refractivity contribution in [1.82, 2.24) is 0 Å². The van der Waals surface area contributed by atoms with Gasteiger partial charge in [0.25, 0.3) is 0 Å². The molecule has 0 aliphatic carbocycles. The lowest BCUT2D eigenvalue weighted by Gasteiger charge is -2.15. The number of nitrogens with one attached hydrogen (secondary N) is 1. The van der Waals surface area contributed by atoms with Crippen LogP contribution in [-0.4, -0.2) is 33.8 Å². The van der Waals surface area contributed by atoms with Gasteiger partial charge < -0.3 is 25.3 Å². The van der Waals surface area contributed by atoms with Gasteiger partial charge in [-0.3, -0.25) is 4.99 Å². The number of hydrogen-bond acceptors (Lipinski definition) is 4. The molecule has 2 rings (SSSR count). The maximum Gasteiger partial charge on any atom is 0.193 e. The first-order valence-electron chi connectivity index (χ1n) is 7.64. The molecule has 0 spiro atoms. The topological polar surface area (TPSA) is 78.1 Å². The van der Waals surface area contributed by atoms with Crippen LogP contribution < -0.4 is 20.5 Å². The molecule has 0 aromatic heterocycles. The molecule has 0 aliphatic rings. The fourth-order valence-electron chi connectivity index (χ4n) is 2.29. The Bertz CT molecular complexity index is 737. The summed E-state index contributed by atoms with van der Waals surface area (Å²) in [6, 6.07) is 12.8. The minimum atomic E-state index is -0.244. The molecule has 1 atom stereocenters. The van der Waals surface area contributed by atoms with Crippen molar-refractivity contribution in [3.05, 3.63) is 53.1 Å². The highest BCUT2D eigenvalue weighted by molar-refractivity contribution is 6.30. The number of benzene rings is 2. The van der Waals surface area contributed by atoms with Crippen LogP contribution in [0.15, 0.2) is 47.5 Å². The predicted molar refractivity (Wildman–Crippen MR) is 101 cm³/mol. The van der Waals surface area contributed by atoms with Gasteiger partial charge in [0.1, 0.15) is 17.6 Å². The fourth-order valence-corrected chi connectivity index (χ4v) is 2.49. The molecule has 0 fully saturated rings. The summed E-state index contributed by atoms with van der Waals surface area (Å²) in [6.45, 7) is 0.349. The highest BCUT2D eigenvalue weighted by Crippen LogP contribution is 2.28. The molecule has 0 heterocycles. The zero-order valence-electron chi connectivity index (χ0n) is 14.5. The lowest BCUT2D eigenvalue weighted by Crippen LogP contribution is -2.24. The predicted octanol–water partition coefficient (Wildman–Crippen LogP) is 3.47. The Balaban J connectivity index is 2.10. The van der Waals surface area contributed by atoms with E-state index in [1.54, 1.807) is 39.5 Å². The molecule has 0 saturated heterocycles. The van der Waals surface area contributed by atoms with Gasteiger partial charge in [0.05, 0.1) is 26.5 Å². The van der Waals surface area contributed by atoms with Crippen LogP contribution >= 0.6 is 11.6 Å². The number of guanidine groups is 1. The highest BCUT2D eigenvalue weighted by atomic mass is 35.5. The molecule has 25 heavy (non-hydrogen) atoms. The van der Waals surface area contributed by atoms with Crippen molar-refractivity contribution in [3.63, 3.8) is 0 Å². The van der Waals surface area contributed by atoms with Gasteiger partial charge in [0, 0.05) is 18.2 Å². The van der Waals surface area contributed by atoms with Gasteiger partial charge in [-0.2, -0.15) is 0 Å². The molecule has 2 aromatic rings. The Kier molecular flexibility index (Phi) is 6.91. The summed E-state index contributed by atoms with van der Waals surface area (Å²) < 4.78 is 16.0. The lowest BCUT2D eigenvalue weighted by molar-refractivity contribution is 0.111. The van der Waals surface area contributed by atoms with Crippen molar-refractivity contribution < 1.29 is 14.2 Å². The van der Waals surface area contributed by atoms with Crippen LogP contribution in [0, 0.1) is 0 Å². The van der Waals surface area contributed by atoms with Gasteiger partial charge in [-0.15, -0.1) is 0 Å². The SMILES string of the molecule is COc1ccc(OC)c(NC(N)=NCC(OC)c2cccc(Cl)c2)c1. The van der Waals surface area contributed by atoms with Crippen LogP contribution in [0.25, 0.3) is 0 Å². The first-order chi connectivity index (χ1) is 12.1. The smallest absolute Gasteiger partial charge is 0.193 e. The van der Waals surface area contributed by atoms with E-state index in [1.165, 1.54) is 0 Å². The number of rotatable bonds is 7. The van der Waals surface area contributed by atoms with Crippen molar-refractivity contribution in [2.24, 2.45) is 10.7 Å². The second kappa shape index (κ2) is 9.15. The van der Waals surface area contributed by atoms with Crippen molar-refractivity contribution in [2.75, 3.05) is 33.2 Å². The summed E-state index contributed by atoms with van der Waals surface area (Å²) >= 11 is 6.02. The van der Waals surface area contributed by atoms with Crippen LogP contribution in [0.1, 0.15) is 11.7 Å². The quantitative estimate of drug-likeness (QED) is 0.581. The third-order valence-corrected chi connectivity index (χ3v) is 3.84. The zero-order chi connectivity index (χ0) is 18.2. The minimum Gasteiger partial charge on any atom is -0.497 e. The molecule has 7 heteroatoms. The van der Waals surface area contributed by atoms with Gasteiger partial charge in [0.15, 0.2) is 5.96 Å². The second-order valence-corrected chi connectivity index (χ2v) is 5.63. The summed E-state index contributed by atoms with van der Waals surface area (Å²) in [6.07, 6.45) is -0.244. The fraction of sp³-hybridized carbons (Fsp3) is 0.278. The molecular formula is C18H22ClN3O3. The average Bonchev–Trinajstić information content (AvgIpc) is 2.62. The Morgan fingerprint density at radius 3 is 2.60 bits per heavy atom. The van der Waals surface area contributed by atoms with E-state index < -0.39 is 0 Å². The van der Waals surface area contributed by atoms with Gasteiger partial charge >= 0.3 is 0 Å². The maximum atomic E-state index is 6.02. The van der Waals surface area contributed by atoms with Crippen LogP contribution in [-0.2, 0) is 4.74 Å². The molecule has 2 aromatic carbocycles. The lowest BCUT2D eigenvalue weighted by atomic mass is 10.1. The number of methoxy groups -OCH3 is 3. The Hall–Kier alpha value is -2.44. The first kappa shape index (κ1) is 18.9. The molecule has 1 unspecified atom stereocenters. The van der Waals surface area contributed by atoms with E-state index in [0.29, 0.717) is 28.8 Å². The Labute approximate surface area is 152 Å². The molecule has 134 valence electrons. The largest absolute Gasteiger partial charge is 0.497 e. The summed E-state index contributed by atoms with van der Waals surface area (Å²) in [5.74, 6) is 1.57. The first-order valence-corrected chi connectivity index (χ1v) is 8.02. The van der Waals surface area contributed by atoms with Crippen molar-refractivity contribution in [2.45, 2.75) is 6.10 Å². The number of halogens is 1. The van der Waals surface area contributed by atoms with E-state index in [1.807, 2.05) is 24.3 Å². The number of nitrogens with two attached hydrogens (primary N) is 1. The van der Waals surface area contributed by atoms with Gasteiger partial charge in [-0.05, 0) is 29.8 Å². The van der Waals surface area contributed by atoms with Gasteiger partial charge in [0.2, 0.25) is 0 Å². The summed E-state index contributed by atoms with van der Waals surface area (Å²) in [5, 5.41) is 3.67. The van der Waals surface area contributed by atoms with E-state index in [4.69, 9.17) is 31.5 Å². The number of aliphatic imine (C=N–C) groups is 1. The van der Waals surface area contributed by atoms with E-state index in [0.717, 1.165) is 5.56 Å². The van der Waals surface area contributed by atoms with Gasteiger partial charge in [-0.25, -0.2) is 0 Å². The Morgan fingerprint density at radius 1 is 1.16 bits per heavy atom. The van der Waals surface area contributed by atoms with Crippen molar-refractivity contribution >= 4 is 23.2 Å². The highest BCUT2D eigenvalue weighted by Gasteiger charge is 2.11. The number of ether oxygens (including phenoxy) is 3. The molecular weight excluding hydrogens is 342 g/mol. The minimum absolute atomic E-state index is 0.244. The van der Waals surface area contributed by atoms with Crippen LogP contribution in [0.3, 0.4) is 0 Å². The van der Waals surface area contributed by atoms with Crippen LogP contribution in [0.4, 0.5) is 5.69 Å². The Morgan fingerprint density at radius 2 is 1.96 bits per heavy atom. The van der Waals surface area contributed by atoms with E-state index in [2.05, 4.69) is 10.3 Å². The summed E-state index contributed by atoms with van der Waals surface area (Å²) in [5.41, 5.74) is 7.59. The number of hydrogen-bond donors (Lipinski definition) is 2. The summed E-state index contributed by atoms with van der Waals surface area (Å²) in [4.78, 5) is 4.35. The third kappa shape index (κ3) is 5.27. The molecule has 0 radical (unpaired) electrons. The molecule has 0 bridgehead atoms. The van der Waals surface area contributed by atoms with Crippen LogP contribution in [0.2, 0.25) is 5.02 Å². The van der Waals surface area contributed by atoms with E-state index in [-0.39, 0.29) is 12.1 Å². The molecule has 0 amide bonds. The van der Waals surface area contributed by atoms with Crippen LogP contribution in [0.5, 0.6) is 11.5 Å². The molecule has 0 aliphatic heterocycles. The average molecular weight is 364 g/mol. The van der Waals surface area contributed by atoms with Crippen molar-refractivity contribution in [3.8, 4) is 11.5 Å². The monoisotopic (exact) mass is 363 g/mol. The molecule has 6 nitrogen and oxygen atoms in total. The van der Waals surface area contributed by atoms with Crippen molar-refractivity contribution in [1.29, 1.82) is 0 Å². The maximum absolute atomic E-state index is 6.02. The standard InChI is InChI=1S/C18H22ClN3O3/c1-23-14-7-8-16(24-2)15(10-14)22-18(20)21-11-17(25-3)12-5-4-6-13(19)9-12/h4-10,17H,11H2,1-3H3,(H3,20,21,22). The number of nitrogens with zero attached hydrogens (tertiary/aromatic N) is 1. The molecule has 0 saturated carbocycles. The summed E-state index contributed by atoms with van der Waals surface area (Å²) in [7, 11) is 4.80. The third-order valence-electron chi connectivity index (χ3n) is 3.60. The zero-order valence-corrected chi connectivity index (χ0v) is 15.2. The normalized spacial score (nSPS) is 12.6. The molecule has 3 N–H and O–H groups in total. The van der Waals surface area contributed by atoms with E-state index >= 15 is 0 Å². The number of anilines is 1. The van der Waals surface area contributed by atoms with E-state index in [9.17, 15) is 0 Å². The second-order valence-electron chi connectivity index (χ2n) is 5.20. The van der Waals surface area contributed by atoms with Gasteiger partial charge in [-0.1, -0.05) is 23.7 Å².